The van der Waals surface area contributed by atoms with Crippen LogP contribution in [0.2, 0.25) is 0 Å². The Morgan fingerprint density at radius 3 is 3.00 bits per heavy atom. The standard InChI is InChI=1S/C12H17N3O2S/c1-9(16)5-6-15(2)8-11-13-14-12(17-11)10-4-3-7-18-10/h3-4,7,9,16H,5-6,8H2,1-2H3. The molecule has 0 aliphatic carbocycles. The number of hydrogen-bond donors (Lipinski definition) is 1. The lowest BCUT2D eigenvalue weighted by Gasteiger charge is -2.14. The average Bonchev–Trinajstić information content (AvgIpc) is 2.95. The molecule has 2 aromatic heterocycles. The van der Waals surface area contributed by atoms with Gasteiger partial charge >= 0.3 is 0 Å². The zero-order chi connectivity index (χ0) is 13.0. The first-order valence-electron chi connectivity index (χ1n) is 5.88. The fourth-order valence-corrected chi connectivity index (χ4v) is 2.18. The van der Waals surface area contributed by atoms with Gasteiger partial charge < -0.3 is 9.52 Å². The molecule has 0 saturated heterocycles. The molecule has 1 atom stereocenters. The third-order valence-electron chi connectivity index (χ3n) is 2.53. The molecule has 2 aromatic rings. The Balaban J connectivity index is 1.90. The van der Waals surface area contributed by atoms with E-state index in [1.807, 2.05) is 24.6 Å². The van der Waals surface area contributed by atoms with E-state index in [1.54, 1.807) is 18.3 Å². The third kappa shape index (κ3) is 3.63. The number of hydrogen-bond acceptors (Lipinski definition) is 6. The van der Waals surface area contributed by atoms with E-state index in [9.17, 15) is 5.11 Å². The highest BCUT2D eigenvalue weighted by Crippen LogP contribution is 2.23. The molecule has 18 heavy (non-hydrogen) atoms. The van der Waals surface area contributed by atoms with Gasteiger partial charge in [0, 0.05) is 6.54 Å². The quantitative estimate of drug-likeness (QED) is 0.867. The van der Waals surface area contributed by atoms with E-state index in [-0.39, 0.29) is 6.10 Å². The van der Waals surface area contributed by atoms with E-state index in [0.717, 1.165) is 17.8 Å². The molecule has 1 unspecified atom stereocenters. The van der Waals surface area contributed by atoms with Crippen LogP contribution in [-0.2, 0) is 6.54 Å². The normalized spacial score (nSPS) is 13.1. The second-order valence-corrected chi connectivity index (χ2v) is 5.30. The van der Waals surface area contributed by atoms with Gasteiger partial charge in [0.15, 0.2) is 0 Å². The monoisotopic (exact) mass is 267 g/mol. The van der Waals surface area contributed by atoms with Crippen LogP contribution in [0.4, 0.5) is 0 Å². The molecule has 0 aromatic carbocycles. The predicted molar refractivity (Wildman–Crippen MR) is 70.2 cm³/mol. The molecule has 0 amide bonds. The first kappa shape index (κ1) is 13.2. The van der Waals surface area contributed by atoms with Crippen LogP contribution in [0.25, 0.3) is 10.8 Å². The summed E-state index contributed by atoms with van der Waals surface area (Å²) >= 11 is 1.58. The minimum Gasteiger partial charge on any atom is -0.419 e. The van der Waals surface area contributed by atoms with Crippen LogP contribution >= 0.6 is 11.3 Å². The number of aliphatic hydroxyl groups excluding tert-OH is 1. The molecule has 5 nitrogen and oxygen atoms in total. The molecule has 2 rings (SSSR count). The molecule has 0 bridgehead atoms. The summed E-state index contributed by atoms with van der Waals surface area (Å²) in [4.78, 5) is 3.04. The molecule has 0 spiro atoms. The molecule has 0 aliphatic heterocycles. The van der Waals surface area contributed by atoms with Crippen LogP contribution in [0.5, 0.6) is 0 Å². The highest BCUT2D eigenvalue weighted by atomic mass is 32.1. The maximum Gasteiger partial charge on any atom is 0.257 e. The maximum atomic E-state index is 9.22. The van der Waals surface area contributed by atoms with Crippen molar-refractivity contribution in [2.45, 2.75) is 26.0 Å². The summed E-state index contributed by atoms with van der Waals surface area (Å²) in [5, 5.41) is 19.2. The summed E-state index contributed by atoms with van der Waals surface area (Å²) in [6.45, 7) is 3.19. The van der Waals surface area contributed by atoms with Crippen molar-refractivity contribution in [3.63, 3.8) is 0 Å². The number of aromatic nitrogens is 2. The van der Waals surface area contributed by atoms with Crippen LogP contribution in [0.3, 0.4) is 0 Å². The van der Waals surface area contributed by atoms with Gasteiger partial charge in [0.2, 0.25) is 5.89 Å². The van der Waals surface area contributed by atoms with Crippen molar-refractivity contribution in [3.05, 3.63) is 23.4 Å². The molecular weight excluding hydrogens is 250 g/mol. The lowest BCUT2D eigenvalue weighted by Crippen LogP contribution is -2.22. The minimum absolute atomic E-state index is 0.281. The van der Waals surface area contributed by atoms with Crippen molar-refractivity contribution in [2.75, 3.05) is 13.6 Å². The highest BCUT2D eigenvalue weighted by Gasteiger charge is 2.11. The zero-order valence-corrected chi connectivity index (χ0v) is 11.4. The van der Waals surface area contributed by atoms with Crippen LogP contribution in [0.1, 0.15) is 19.2 Å². The zero-order valence-electron chi connectivity index (χ0n) is 10.5. The fraction of sp³-hybridized carbons (Fsp3) is 0.500. The highest BCUT2D eigenvalue weighted by molar-refractivity contribution is 7.13. The van der Waals surface area contributed by atoms with E-state index in [2.05, 4.69) is 15.1 Å². The van der Waals surface area contributed by atoms with E-state index in [0.29, 0.717) is 18.3 Å². The van der Waals surface area contributed by atoms with Crippen molar-refractivity contribution in [1.29, 1.82) is 0 Å². The Kier molecular flexibility index (Phi) is 4.46. The summed E-state index contributed by atoms with van der Waals surface area (Å²) in [7, 11) is 1.97. The molecular formula is C12H17N3O2S. The first-order valence-corrected chi connectivity index (χ1v) is 6.76. The minimum atomic E-state index is -0.281. The Hall–Kier alpha value is -1.24. The van der Waals surface area contributed by atoms with E-state index in [4.69, 9.17) is 4.42 Å². The van der Waals surface area contributed by atoms with Crippen LogP contribution in [0, 0.1) is 0 Å². The lowest BCUT2D eigenvalue weighted by molar-refractivity contribution is 0.159. The molecule has 2 heterocycles. The molecule has 6 heteroatoms. The molecule has 98 valence electrons. The van der Waals surface area contributed by atoms with Gasteiger partial charge in [-0.15, -0.1) is 21.5 Å². The van der Waals surface area contributed by atoms with Gasteiger partial charge in [-0.3, -0.25) is 4.90 Å². The van der Waals surface area contributed by atoms with Gasteiger partial charge in [-0.05, 0) is 31.8 Å². The average molecular weight is 267 g/mol. The fourth-order valence-electron chi connectivity index (χ4n) is 1.53. The van der Waals surface area contributed by atoms with E-state index < -0.39 is 0 Å². The number of aliphatic hydroxyl groups is 1. The maximum absolute atomic E-state index is 9.22. The summed E-state index contributed by atoms with van der Waals surface area (Å²) in [6.07, 6.45) is 0.458. The lowest BCUT2D eigenvalue weighted by atomic mass is 10.3. The van der Waals surface area contributed by atoms with Crippen LogP contribution < -0.4 is 0 Å². The number of thiophene rings is 1. The SMILES string of the molecule is CC(O)CCN(C)Cc1nnc(-c2cccs2)o1. The van der Waals surface area contributed by atoms with Crippen LogP contribution in [0.15, 0.2) is 21.9 Å². The van der Waals surface area contributed by atoms with Gasteiger partial charge in [0.05, 0.1) is 17.5 Å². The molecule has 0 saturated carbocycles. The topological polar surface area (TPSA) is 62.4 Å². The molecule has 0 radical (unpaired) electrons. The third-order valence-corrected chi connectivity index (χ3v) is 3.39. The second kappa shape index (κ2) is 6.08. The van der Waals surface area contributed by atoms with Gasteiger partial charge in [0.1, 0.15) is 0 Å². The Labute approximate surface area is 110 Å². The van der Waals surface area contributed by atoms with Crippen molar-refractivity contribution in [3.8, 4) is 10.8 Å². The molecule has 0 aliphatic rings. The van der Waals surface area contributed by atoms with Crippen molar-refractivity contribution < 1.29 is 9.52 Å². The van der Waals surface area contributed by atoms with Crippen molar-refractivity contribution in [1.82, 2.24) is 15.1 Å². The smallest absolute Gasteiger partial charge is 0.257 e. The molecule has 0 fully saturated rings. The predicted octanol–water partition coefficient (Wildman–Crippen LogP) is 2.00. The van der Waals surface area contributed by atoms with Gasteiger partial charge in [-0.2, -0.15) is 0 Å². The summed E-state index contributed by atoms with van der Waals surface area (Å²) in [6, 6.07) is 3.91. The van der Waals surface area contributed by atoms with Crippen molar-refractivity contribution >= 4 is 11.3 Å². The number of rotatable bonds is 6. The largest absolute Gasteiger partial charge is 0.419 e. The Morgan fingerprint density at radius 2 is 2.33 bits per heavy atom. The van der Waals surface area contributed by atoms with Crippen LogP contribution in [-0.4, -0.2) is 39.9 Å². The van der Waals surface area contributed by atoms with E-state index in [1.165, 1.54) is 0 Å². The Bertz CT molecular complexity index is 467. The summed E-state index contributed by atoms with van der Waals surface area (Å²) < 4.78 is 5.59. The summed E-state index contributed by atoms with van der Waals surface area (Å²) in [5.74, 6) is 1.18. The van der Waals surface area contributed by atoms with Gasteiger partial charge in [0.25, 0.3) is 5.89 Å². The van der Waals surface area contributed by atoms with Gasteiger partial charge in [-0.25, -0.2) is 0 Å². The van der Waals surface area contributed by atoms with E-state index >= 15 is 0 Å². The Morgan fingerprint density at radius 1 is 1.50 bits per heavy atom. The molecule has 1 N–H and O–H groups in total. The van der Waals surface area contributed by atoms with Gasteiger partial charge in [-0.1, -0.05) is 6.07 Å². The summed E-state index contributed by atoms with van der Waals surface area (Å²) in [5.41, 5.74) is 0. The number of nitrogens with zero attached hydrogens (tertiary/aromatic N) is 3. The van der Waals surface area contributed by atoms with Crippen molar-refractivity contribution in [2.24, 2.45) is 0 Å². The first-order chi connectivity index (χ1) is 8.65. The second-order valence-electron chi connectivity index (χ2n) is 4.35.